The summed E-state index contributed by atoms with van der Waals surface area (Å²) in [5, 5.41) is 0. The van der Waals surface area contributed by atoms with E-state index < -0.39 is 0 Å². The summed E-state index contributed by atoms with van der Waals surface area (Å²) in [4.78, 5) is 0. The second-order valence-corrected chi connectivity index (χ2v) is 4.44. The fourth-order valence-electron chi connectivity index (χ4n) is 1.78. The van der Waals surface area contributed by atoms with Gasteiger partial charge in [0.2, 0.25) is 0 Å². The van der Waals surface area contributed by atoms with Gasteiger partial charge in [-0.05, 0) is 48.2 Å². The van der Waals surface area contributed by atoms with Gasteiger partial charge in [-0.25, -0.2) is 0 Å². The van der Waals surface area contributed by atoms with E-state index in [1.165, 1.54) is 0 Å². The Hall–Kier alpha value is -1.96. The van der Waals surface area contributed by atoms with Crippen molar-refractivity contribution in [3.63, 3.8) is 0 Å². The maximum atomic E-state index is 5.93. The Kier molecular flexibility index (Phi) is 3.88. The number of nitrogens with two attached hydrogens (primary N) is 1. The Labute approximate surface area is 108 Å². The minimum absolute atomic E-state index is 0.761. The van der Waals surface area contributed by atoms with E-state index >= 15 is 0 Å². The Morgan fingerprint density at radius 1 is 1.00 bits per heavy atom. The van der Waals surface area contributed by atoms with Crippen molar-refractivity contribution in [2.75, 3.05) is 12.3 Å². The van der Waals surface area contributed by atoms with E-state index in [0.717, 1.165) is 41.2 Å². The first-order valence-corrected chi connectivity index (χ1v) is 6.30. The van der Waals surface area contributed by atoms with E-state index in [1.807, 2.05) is 31.2 Å². The Balaban J connectivity index is 2.20. The number of anilines is 1. The van der Waals surface area contributed by atoms with Gasteiger partial charge < -0.3 is 10.5 Å². The van der Waals surface area contributed by atoms with E-state index in [2.05, 4.69) is 25.1 Å². The molecule has 0 unspecified atom stereocenters. The fourth-order valence-corrected chi connectivity index (χ4v) is 1.78. The number of hydrogen-bond donors (Lipinski definition) is 1. The number of rotatable bonds is 4. The average molecular weight is 241 g/mol. The number of ether oxygens (including phenoxy) is 1. The maximum Gasteiger partial charge on any atom is 0.119 e. The summed E-state index contributed by atoms with van der Waals surface area (Å²) in [5.74, 6) is 0.917. The van der Waals surface area contributed by atoms with Gasteiger partial charge in [0, 0.05) is 5.69 Å². The van der Waals surface area contributed by atoms with Crippen molar-refractivity contribution >= 4 is 5.69 Å². The molecule has 18 heavy (non-hydrogen) atoms. The first-order valence-electron chi connectivity index (χ1n) is 6.30. The summed E-state index contributed by atoms with van der Waals surface area (Å²) in [5.41, 5.74) is 10.2. The lowest BCUT2D eigenvalue weighted by atomic mass is 10.0. The molecule has 2 heteroatoms. The molecular formula is C16H19NO. The van der Waals surface area contributed by atoms with Crippen molar-refractivity contribution in [1.82, 2.24) is 0 Å². The van der Waals surface area contributed by atoms with Gasteiger partial charge in [-0.1, -0.05) is 31.2 Å². The second-order valence-electron chi connectivity index (χ2n) is 4.44. The fraction of sp³-hybridized carbons (Fsp3) is 0.250. The predicted octanol–water partition coefficient (Wildman–Crippen LogP) is 4.03. The van der Waals surface area contributed by atoms with Crippen molar-refractivity contribution in [3.05, 3.63) is 48.0 Å². The third-order valence-electron chi connectivity index (χ3n) is 2.94. The van der Waals surface area contributed by atoms with Crippen molar-refractivity contribution in [3.8, 4) is 16.9 Å². The van der Waals surface area contributed by atoms with Gasteiger partial charge >= 0.3 is 0 Å². The van der Waals surface area contributed by atoms with Gasteiger partial charge in [-0.3, -0.25) is 0 Å². The summed E-state index contributed by atoms with van der Waals surface area (Å²) in [7, 11) is 0. The van der Waals surface area contributed by atoms with Crippen LogP contribution in [0.25, 0.3) is 11.1 Å². The SMILES string of the molecule is CCCOc1ccc(-c2ccc(C)c(N)c2)cc1. The van der Waals surface area contributed by atoms with Crippen molar-refractivity contribution in [2.24, 2.45) is 0 Å². The highest BCUT2D eigenvalue weighted by Gasteiger charge is 2.01. The molecule has 2 aromatic rings. The zero-order valence-corrected chi connectivity index (χ0v) is 10.9. The van der Waals surface area contributed by atoms with E-state index in [1.54, 1.807) is 0 Å². The first-order chi connectivity index (χ1) is 8.70. The van der Waals surface area contributed by atoms with Crippen LogP contribution in [0.5, 0.6) is 5.75 Å². The molecule has 0 spiro atoms. The third-order valence-corrected chi connectivity index (χ3v) is 2.94. The molecule has 0 amide bonds. The van der Waals surface area contributed by atoms with Crippen molar-refractivity contribution in [1.29, 1.82) is 0 Å². The highest BCUT2D eigenvalue weighted by molar-refractivity contribution is 5.69. The molecule has 2 rings (SSSR count). The highest BCUT2D eigenvalue weighted by Crippen LogP contribution is 2.25. The molecule has 0 fully saturated rings. The van der Waals surface area contributed by atoms with Gasteiger partial charge in [0.1, 0.15) is 5.75 Å². The molecule has 0 bridgehead atoms. The van der Waals surface area contributed by atoms with Gasteiger partial charge in [0.15, 0.2) is 0 Å². The van der Waals surface area contributed by atoms with Crippen LogP contribution >= 0.6 is 0 Å². The van der Waals surface area contributed by atoms with E-state index in [9.17, 15) is 0 Å². The zero-order chi connectivity index (χ0) is 13.0. The summed E-state index contributed by atoms with van der Waals surface area (Å²) in [6, 6.07) is 14.3. The van der Waals surface area contributed by atoms with Crippen LogP contribution in [0.3, 0.4) is 0 Å². The molecule has 2 nitrogen and oxygen atoms in total. The molecule has 0 radical (unpaired) electrons. The van der Waals surface area contributed by atoms with E-state index in [0.29, 0.717) is 0 Å². The van der Waals surface area contributed by atoms with Gasteiger partial charge in [0.25, 0.3) is 0 Å². The van der Waals surface area contributed by atoms with Gasteiger partial charge in [-0.15, -0.1) is 0 Å². The van der Waals surface area contributed by atoms with Gasteiger partial charge in [0.05, 0.1) is 6.61 Å². The van der Waals surface area contributed by atoms with Crippen LogP contribution in [0.2, 0.25) is 0 Å². The predicted molar refractivity (Wildman–Crippen MR) is 76.8 cm³/mol. The highest BCUT2D eigenvalue weighted by atomic mass is 16.5. The molecule has 0 saturated carbocycles. The standard InChI is InChI=1S/C16H19NO/c1-3-10-18-15-8-6-13(7-9-15)14-5-4-12(2)16(17)11-14/h4-9,11H,3,10,17H2,1-2H3. The molecule has 0 atom stereocenters. The Bertz CT molecular complexity index is 517. The summed E-state index contributed by atoms with van der Waals surface area (Å²) in [6.07, 6.45) is 1.02. The van der Waals surface area contributed by atoms with Crippen LogP contribution in [-0.2, 0) is 0 Å². The lowest BCUT2D eigenvalue weighted by molar-refractivity contribution is 0.317. The van der Waals surface area contributed by atoms with Crippen molar-refractivity contribution in [2.45, 2.75) is 20.3 Å². The number of hydrogen-bond acceptors (Lipinski definition) is 2. The molecule has 94 valence electrons. The number of aryl methyl sites for hydroxylation is 1. The van der Waals surface area contributed by atoms with Crippen molar-refractivity contribution < 1.29 is 4.74 Å². The summed E-state index contributed by atoms with van der Waals surface area (Å²) < 4.78 is 5.56. The minimum atomic E-state index is 0.761. The molecular weight excluding hydrogens is 222 g/mol. The Morgan fingerprint density at radius 2 is 1.67 bits per heavy atom. The largest absolute Gasteiger partial charge is 0.494 e. The van der Waals surface area contributed by atoms with Crippen LogP contribution in [0.15, 0.2) is 42.5 Å². The topological polar surface area (TPSA) is 35.2 Å². The molecule has 0 aromatic heterocycles. The van der Waals surface area contributed by atoms with Crippen LogP contribution in [-0.4, -0.2) is 6.61 Å². The molecule has 0 aliphatic heterocycles. The second kappa shape index (κ2) is 5.58. The van der Waals surface area contributed by atoms with Crippen LogP contribution in [0.1, 0.15) is 18.9 Å². The monoisotopic (exact) mass is 241 g/mol. The minimum Gasteiger partial charge on any atom is -0.494 e. The molecule has 0 aliphatic carbocycles. The van der Waals surface area contributed by atoms with Crippen LogP contribution in [0.4, 0.5) is 5.69 Å². The van der Waals surface area contributed by atoms with E-state index in [4.69, 9.17) is 10.5 Å². The average Bonchev–Trinajstić information content (AvgIpc) is 2.40. The lowest BCUT2D eigenvalue weighted by Gasteiger charge is -2.08. The quantitative estimate of drug-likeness (QED) is 0.820. The molecule has 0 heterocycles. The smallest absolute Gasteiger partial charge is 0.119 e. The first kappa shape index (κ1) is 12.5. The van der Waals surface area contributed by atoms with Gasteiger partial charge in [-0.2, -0.15) is 0 Å². The summed E-state index contributed by atoms with van der Waals surface area (Å²) >= 11 is 0. The maximum absolute atomic E-state index is 5.93. The molecule has 2 N–H and O–H groups in total. The van der Waals surface area contributed by atoms with Crippen LogP contribution in [0, 0.1) is 6.92 Å². The lowest BCUT2D eigenvalue weighted by Crippen LogP contribution is -1.94. The normalized spacial score (nSPS) is 10.3. The summed E-state index contributed by atoms with van der Waals surface area (Å²) in [6.45, 7) is 4.88. The van der Waals surface area contributed by atoms with E-state index in [-0.39, 0.29) is 0 Å². The third kappa shape index (κ3) is 2.83. The Morgan fingerprint density at radius 3 is 2.28 bits per heavy atom. The molecule has 0 saturated heterocycles. The molecule has 0 aliphatic rings. The number of nitrogen functional groups attached to an aromatic ring is 1. The molecule has 2 aromatic carbocycles. The number of benzene rings is 2. The van der Waals surface area contributed by atoms with Crippen LogP contribution < -0.4 is 10.5 Å². The zero-order valence-electron chi connectivity index (χ0n) is 10.9.